The van der Waals surface area contributed by atoms with Crippen molar-refractivity contribution in [2.75, 3.05) is 19.8 Å². The van der Waals surface area contributed by atoms with E-state index in [0.29, 0.717) is 6.42 Å². The smallest absolute Gasteiger partial charge is 0.220 e. The highest BCUT2D eigenvalue weighted by Crippen LogP contribution is 2.30. The van der Waals surface area contributed by atoms with Gasteiger partial charge in [-0.15, -0.1) is 0 Å². The molecule has 12 atom stereocenters. The third-order valence-corrected chi connectivity index (χ3v) is 19.8. The maximum atomic E-state index is 13.4. The number of carbonyl (C=O) groups is 1. The largest absolute Gasteiger partial charge is 0.394 e. The summed E-state index contributed by atoms with van der Waals surface area (Å²) in [5.74, 6) is -0.231. The lowest BCUT2D eigenvalue weighted by atomic mass is 9.97. The van der Waals surface area contributed by atoms with Gasteiger partial charge in [0.25, 0.3) is 0 Å². The van der Waals surface area contributed by atoms with Crippen LogP contribution in [0.5, 0.6) is 0 Å². The van der Waals surface area contributed by atoms with Crippen LogP contribution in [0.25, 0.3) is 0 Å². The molecule has 0 aromatic rings. The van der Waals surface area contributed by atoms with E-state index in [2.05, 4.69) is 43.5 Å². The molecule has 0 aliphatic carbocycles. The molecule has 0 bridgehead atoms. The number of amides is 1. The van der Waals surface area contributed by atoms with Gasteiger partial charge in [0, 0.05) is 6.42 Å². The second kappa shape index (κ2) is 64.6. The van der Waals surface area contributed by atoms with Crippen molar-refractivity contribution in [1.82, 2.24) is 5.32 Å². The van der Waals surface area contributed by atoms with Gasteiger partial charge in [-0.25, -0.2) is 0 Å². The normalized spacial score (nSPS) is 22.6. The molecule has 2 fully saturated rings. The molecule has 12 unspecified atom stereocenters. The molecule has 0 saturated carbocycles. The van der Waals surface area contributed by atoms with Gasteiger partial charge in [-0.2, -0.15) is 0 Å². The van der Waals surface area contributed by atoms with E-state index in [-0.39, 0.29) is 18.9 Å². The van der Waals surface area contributed by atoms with Gasteiger partial charge >= 0.3 is 0 Å². The molecule has 2 aliphatic rings. The lowest BCUT2D eigenvalue weighted by Crippen LogP contribution is -2.65. The third-order valence-electron chi connectivity index (χ3n) is 19.8. The molecule has 0 radical (unpaired) electrons. The Labute approximate surface area is 576 Å². The van der Waals surface area contributed by atoms with Crippen LogP contribution in [0.2, 0.25) is 0 Å². The van der Waals surface area contributed by atoms with Gasteiger partial charge in [-0.3, -0.25) is 4.79 Å². The topological polar surface area (TPSA) is 228 Å². The standard InChI is InChI=1S/C80H151NO13/c1-3-5-7-9-11-13-15-17-19-21-23-25-26-27-28-29-30-31-32-33-34-35-36-37-38-39-40-41-42-44-46-48-50-52-54-56-58-60-62-64-72(85)81-68(69(84)63-61-59-57-55-53-51-49-47-45-43-24-22-20-18-16-14-12-10-8-6-4-2)67-91-79-77(90)75(88)78(71(66-83)93-79)94-80-76(89)74(87)73(86)70(65-82)92-80/h15,17,21,23,61,63,68-71,73-80,82-84,86-90H,3-14,16,18-20,22,24-60,62,64-67H2,1-2H3,(H,81,85)/b17-15-,23-21-,63-61+. The van der Waals surface area contributed by atoms with Crippen LogP contribution in [0.3, 0.4) is 0 Å². The van der Waals surface area contributed by atoms with Crippen molar-refractivity contribution in [3.8, 4) is 0 Å². The molecular weight excluding hydrogens is 1180 g/mol. The molecule has 0 aromatic carbocycles. The van der Waals surface area contributed by atoms with Gasteiger partial charge in [-0.1, -0.05) is 352 Å². The second-order valence-electron chi connectivity index (χ2n) is 28.5. The minimum Gasteiger partial charge on any atom is -0.394 e. The first-order valence-corrected chi connectivity index (χ1v) is 40.2. The fourth-order valence-electron chi connectivity index (χ4n) is 13.4. The summed E-state index contributed by atoms with van der Waals surface area (Å²) in [6.07, 6.45) is 68.1. The molecule has 9 N–H and O–H groups in total. The van der Waals surface area contributed by atoms with Crippen LogP contribution in [0.4, 0.5) is 0 Å². The molecular formula is C80H151NO13. The van der Waals surface area contributed by atoms with Crippen LogP contribution in [0, 0.1) is 0 Å². The average Bonchev–Trinajstić information content (AvgIpc) is 0.794. The Balaban J connectivity index is 1.57. The van der Waals surface area contributed by atoms with Gasteiger partial charge in [0.1, 0.15) is 48.8 Å². The zero-order chi connectivity index (χ0) is 68.0. The van der Waals surface area contributed by atoms with Gasteiger partial charge in [0.05, 0.1) is 32.0 Å². The lowest BCUT2D eigenvalue weighted by molar-refractivity contribution is -0.359. The third kappa shape index (κ3) is 47.3. The highest BCUT2D eigenvalue weighted by atomic mass is 16.7. The van der Waals surface area contributed by atoms with E-state index in [0.717, 1.165) is 44.9 Å². The van der Waals surface area contributed by atoms with E-state index >= 15 is 0 Å². The number of carbonyl (C=O) groups excluding carboxylic acids is 1. The summed E-state index contributed by atoms with van der Waals surface area (Å²) >= 11 is 0. The number of ether oxygens (including phenoxy) is 4. The number of unbranched alkanes of at least 4 members (excludes halogenated alkanes) is 51. The minimum atomic E-state index is -1.79. The van der Waals surface area contributed by atoms with E-state index in [1.165, 1.54) is 302 Å². The summed E-state index contributed by atoms with van der Waals surface area (Å²) in [4.78, 5) is 13.4. The number of aliphatic hydroxyl groups is 8. The average molecular weight is 1340 g/mol. The maximum absolute atomic E-state index is 13.4. The number of hydrogen-bond donors (Lipinski definition) is 9. The van der Waals surface area contributed by atoms with Crippen LogP contribution >= 0.6 is 0 Å². The van der Waals surface area contributed by atoms with Gasteiger partial charge in [-0.05, 0) is 51.4 Å². The number of allylic oxidation sites excluding steroid dienone is 5. The van der Waals surface area contributed by atoms with Crippen LogP contribution in [-0.2, 0) is 23.7 Å². The first kappa shape index (κ1) is 88.3. The Kier molecular flexibility index (Phi) is 60.7. The van der Waals surface area contributed by atoms with Crippen molar-refractivity contribution in [2.45, 2.75) is 447 Å². The zero-order valence-electron chi connectivity index (χ0n) is 60.7. The fraction of sp³-hybridized carbons (Fsp3) is 0.912. The highest BCUT2D eigenvalue weighted by molar-refractivity contribution is 5.76. The molecule has 2 aliphatic heterocycles. The Morgan fingerprint density at radius 1 is 0.383 bits per heavy atom. The monoisotopic (exact) mass is 1330 g/mol. The first-order chi connectivity index (χ1) is 46.1. The quantitative estimate of drug-likeness (QED) is 0.0204. The van der Waals surface area contributed by atoms with Crippen molar-refractivity contribution in [3.05, 3.63) is 36.5 Å². The Hall–Kier alpha value is -1.79. The molecule has 554 valence electrons. The van der Waals surface area contributed by atoms with E-state index in [4.69, 9.17) is 18.9 Å². The minimum absolute atomic E-state index is 0.231. The molecule has 14 nitrogen and oxygen atoms in total. The van der Waals surface area contributed by atoms with Gasteiger partial charge in [0.15, 0.2) is 12.6 Å². The van der Waals surface area contributed by atoms with E-state index in [1.807, 2.05) is 6.08 Å². The Morgan fingerprint density at radius 2 is 0.702 bits per heavy atom. The highest BCUT2D eigenvalue weighted by Gasteiger charge is 2.51. The summed E-state index contributed by atoms with van der Waals surface area (Å²) < 4.78 is 22.9. The van der Waals surface area contributed by atoms with Crippen molar-refractivity contribution in [3.63, 3.8) is 0 Å². The molecule has 0 spiro atoms. The van der Waals surface area contributed by atoms with E-state index < -0.39 is 86.8 Å². The molecule has 14 heteroatoms. The number of rotatable bonds is 68. The van der Waals surface area contributed by atoms with E-state index in [9.17, 15) is 45.6 Å². The van der Waals surface area contributed by atoms with Crippen molar-refractivity contribution < 1.29 is 64.6 Å². The summed E-state index contributed by atoms with van der Waals surface area (Å²) in [5, 5.41) is 87.6. The van der Waals surface area contributed by atoms with Crippen molar-refractivity contribution in [2.24, 2.45) is 0 Å². The SMILES string of the molecule is CCCCCCC/C=C\C/C=C\CCCCCCCCCCCCCCCCCCCCCCCCCCCCCC(=O)NC(COC1OC(CO)C(OC2OC(CO)C(O)C(O)C2O)C(O)C1O)C(O)/C=C/CCCCCCCCCCCCCCCCCCCCC. The molecule has 2 heterocycles. The summed E-state index contributed by atoms with van der Waals surface area (Å²) in [6, 6.07) is -0.914. The van der Waals surface area contributed by atoms with Gasteiger partial charge in [0.2, 0.25) is 5.91 Å². The molecule has 1 amide bonds. The summed E-state index contributed by atoms with van der Waals surface area (Å²) in [6.45, 7) is 2.85. The Morgan fingerprint density at radius 3 is 1.06 bits per heavy atom. The molecule has 2 saturated heterocycles. The zero-order valence-corrected chi connectivity index (χ0v) is 60.7. The predicted molar refractivity (Wildman–Crippen MR) is 388 cm³/mol. The van der Waals surface area contributed by atoms with Crippen LogP contribution in [0.1, 0.15) is 373 Å². The van der Waals surface area contributed by atoms with Crippen molar-refractivity contribution in [1.29, 1.82) is 0 Å². The molecule has 94 heavy (non-hydrogen) atoms. The lowest BCUT2D eigenvalue weighted by Gasteiger charge is -2.46. The number of nitrogens with one attached hydrogen (secondary N) is 1. The summed E-state index contributed by atoms with van der Waals surface area (Å²) in [7, 11) is 0. The van der Waals surface area contributed by atoms with Crippen molar-refractivity contribution >= 4 is 5.91 Å². The predicted octanol–water partition coefficient (Wildman–Crippen LogP) is 18.0. The van der Waals surface area contributed by atoms with Crippen LogP contribution in [0.15, 0.2) is 36.5 Å². The van der Waals surface area contributed by atoms with Crippen LogP contribution in [-0.4, -0.2) is 140 Å². The Bertz CT molecular complexity index is 1720. The van der Waals surface area contributed by atoms with Crippen LogP contribution < -0.4 is 5.32 Å². The number of hydrogen-bond acceptors (Lipinski definition) is 13. The second-order valence-corrected chi connectivity index (χ2v) is 28.5. The van der Waals surface area contributed by atoms with E-state index in [1.54, 1.807) is 6.08 Å². The molecule has 2 rings (SSSR count). The fourth-order valence-corrected chi connectivity index (χ4v) is 13.4. The molecule has 0 aromatic heterocycles. The maximum Gasteiger partial charge on any atom is 0.220 e. The number of aliphatic hydroxyl groups excluding tert-OH is 8. The van der Waals surface area contributed by atoms with Gasteiger partial charge < -0.3 is 65.1 Å². The first-order valence-electron chi connectivity index (χ1n) is 40.2. The summed E-state index contributed by atoms with van der Waals surface area (Å²) in [5.41, 5.74) is 0.